The van der Waals surface area contributed by atoms with Gasteiger partial charge in [0.15, 0.2) is 0 Å². The Hall–Kier alpha value is -0.120. The van der Waals surface area contributed by atoms with Crippen LogP contribution in [0.3, 0.4) is 0 Å². The van der Waals surface area contributed by atoms with Gasteiger partial charge < -0.3 is 10.6 Å². The van der Waals surface area contributed by atoms with Crippen LogP contribution in [0, 0.1) is 5.92 Å². The van der Waals surface area contributed by atoms with Gasteiger partial charge in [0.1, 0.15) is 0 Å². The van der Waals surface area contributed by atoms with Gasteiger partial charge in [-0.25, -0.2) is 0 Å². The van der Waals surface area contributed by atoms with Gasteiger partial charge in [-0.1, -0.05) is 13.8 Å². The first-order valence-electron chi connectivity index (χ1n) is 7.13. The Bertz CT molecular complexity index is 206. The molecule has 1 saturated heterocycles. The SMILES string of the molecule is CC(C)CCN1CCN(C(C)(C)CCN)CC1. The number of nitrogens with zero attached hydrogens (tertiary/aromatic N) is 2. The zero-order chi connectivity index (χ0) is 12.9. The maximum Gasteiger partial charge on any atom is 0.0166 e. The minimum atomic E-state index is 0.277. The molecule has 0 saturated carbocycles. The van der Waals surface area contributed by atoms with E-state index in [0.29, 0.717) is 0 Å². The van der Waals surface area contributed by atoms with Gasteiger partial charge in [-0.05, 0) is 45.7 Å². The molecule has 0 aromatic heterocycles. The lowest BCUT2D eigenvalue weighted by atomic mass is 9.97. The maximum absolute atomic E-state index is 5.69. The van der Waals surface area contributed by atoms with E-state index >= 15 is 0 Å². The van der Waals surface area contributed by atoms with E-state index in [1.54, 1.807) is 0 Å². The largest absolute Gasteiger partial charge is 0.330 e. The normalized spacial score (nSPS) is 20.1. The lowest BCUT2D eigenvalue weighted by molar-refractivity contribution is 0.0471. The molecule has 0 aromatic rings. The minimum absolute atomic E-state index is 0.277. The Morgan fingerprint density at radius 3 is 2.18 bits per heavy atom. The fourth-order valence-electron chi connectivity index (χ4n) is 2.53. The van der Waals surface area contributed by atoms with E-state index in [4.69, 9.17) is 5.73 Å². The van der Waals surface area contributed by atoms with Crippen molar-refractivity contribution in [3.8, 4) is 0 Å². The molecule has 0 aromatic carbocycles. The molecule has 0 radical (unpaired) electrons. The predicted octanol–water partition coefficient (Wildman–Crippen LogP) is 1.78. The second kappa shape index (κ2) is 6.72. The van der Waals surface area contributed by atoms with E-state index in [2.05, 4.69) is 37.5 Å². The first kappa shape index (κ1) is 14.9. The highest BCUT2D eigenvalue weighted by molar-refractivity contribution is 4.85. The lowest BCUT2D eigenvalue weighted by Crippen LogP contribution is -2.55. The fraction of sp³-hybridized carbons (Fsp3) is 1.00. The first-order chi connectivity index (χ1) is 7.95. The summed E-state index contributed by atoms with van der Waals surface area (Å²) in [6, 6.07) is 0. The molecule has 1 rings (SSSR count). The summed E-state index contributed by atoms with van der Waals surface area (Å²) < 4.78 is 0. The van der Waals surface area contributed by atoms with Gasteiger partial charge in [0.2, 0.25) is 0 Å². The van der Waals surface area contributed by atoms with Crippen molar-refractivity contribution in [2.75, 3.05) is 39.3 Å². The lowest BCUT2D eigenvalue weighted by Gasteiger charge is -2.44. The number of piperazine rings is 1. The van der Waals surface area contributed by atoms with Crippen molar-refractivity contribution >= 4 is 0 Å². The molecule has 3 heteroatoms. The van der Waals surface area contributed by atoms with Crippen LogP contribution >= 0.6 is 0 Å². The average Bonchev–Trinajstić information content (AvgIpc) is 2.27. The van der Waals surface area contributed by atoms with Crippen LogP contribution < -0.4 is 5.73 Å². The molecule has 0 bridgehead atoms. The summed E-state index contributed by atoms with van der Waals surface area (Å²) in [5.41, 5.74) is 5.97. The summed E-state index contributed by atoms with van der Waals surface area (Å²) >= 11 is 0. The minimum Gasteiger partial charge on any atom is -0.330 e. The highest BCUT2D eigenvalue weighted by atomic mass is 15.3. The van der Waals surface area contributed by atoms with Gasteiger partial charge in [0.05, 0.1) is 0 Å². The Balaban J connectivity index is 2.30. The summed E-state index contributed by atoms with van der Waals surface area (Å²) in [7, 11) is 0. The third-order valence-electron chi connectivity index (χ3n) is 4.01. The Kier molecular flexibility index (Phi) is 5.90. The zero-order valence-electron chi connectivity index (χ0n) is 12.2. The number of hydrogen-bond acceptors (Lipinski definition) is 3. The Morgan fingerprint density at radius 1 is 1.12 bits per heavy atom. The molecule has 0 amide bonds. The van der Waals surface area contributed by atoms with Crippen molar-refractivity contribution in [3.05, 3.63) is 0 Å². The summed E-state index contributed by atoms with van der Waals surface area (Å²) in [6.45, 7) is 16.2. The van der Waals surface area contributed by atoms with Crippen LogP contribution in [0.5, 0.6) is 0 Å². The van der Waals surface area contributed by atoms with Gasteiger partial charge in [-0.3, -0.25) is 4.90 Å². The third-order valence-corrected chi connectivity index (χ3v) is 4.01. The van der Waals surface area contributed by atoms with E-state index in [0.717, 1.165) is 18.9 Å². The van der Waals surface area contributed by atoms with Crippen molar-refractivity contribution in [2.24, 2.45) is 11.7 Å². The molecular formula is C14H31N3. The maximum atomic E-state index is 5.69. The van der Waals surface area contributed by atoms with E-state index in [1.807, 2.05) is 0 Å². The molecular weight excluding hydrogens is 210 g/mol. The van der Waals surface area contributed by atoms with Crippen LogP contribution in [0.25, 0.3) is 0 Å². The van der Waals surface area contributed by atoms with Crippen molar-refractivity contribution in [1.29, 1.82) is 0 Å². The molecule has 1 heterocycles. The topological polar surface area (TPSA) is 32.5 Å². The first-order valence-corrected chi connectivity index (χ1v) is 7.13. The van der Waals surface area contributed by atoms with Gasteiger partial charge in [0, 0.05) is 31.7 Å². The average molecular weight is 241 g/mol. The Morgan fingerprint density at radius 2 is 1.71 bits per heavy atom. The number of rotatable bonds is 6. The highest BCUT2D eigenvalue weighted by Crippen LogP contribution is 2.20. The van der Waals surface area contributed by atoms with Gasteiger partial charge in [-0.2, -0.15) is 0 Å². The van der Waals surface area contributed by atoms with Gasteiger partial charge in [-0.15, -0.1) is 0 Å². The molecule has 17 heavy (non-hydrogen) atoms. The molecule has 1 aliphatic heterocycles. The quantitative estimate of drug-likeness (QED) is 0.769. The molecule has 3 nitrogen and oxygen atoms in total. The summed E-state index contributed by atoms with van der Waals surface area (Å²) in [6.07, 6.45) is 2.42. The van der Waals surface area contributed by atoms with Crippen LogP contribution in [-0.2, 0) is 0 Å². The molecule has 1 fully saturated rings. The highest BCUT2D eigenvalue weighted by Gasteiger charge is 2.28. The second-order valence-electron chi connectivity index (χ2n) is 6.36. The van der Waals surface area contributed by atoms with Gasteiger partial charge >= 0.3 is 0 Å². The molecule has 2 N–H and O–H groups in total. The van der Waals surface area contributed by atoms with E-state index in [9.17, 15) is 0 Å². The third kappa shape index (κ3) is 4.94. The van der Waals surface area contributed by atoms with Crippen molar-refractivity contribution in [3.63, 3.8) is 0 Å². The van der Waals surface area contributed by atoms with Crippen LogP contribution in [-0.4, -0.2) is 54.6 Å². The van der Waals surface area contributed by atoms with Crippen LogP contribution in [0.15, 0.2) is 0 Å². The molecule has 1 aliphatic rings. The van der Waals surface area contributed by atoms with Crippen LogP contribution in [0.4, 0.5) is 0 Å². The van der Waals surface area contributed by atoms with E-state index in [-0.39, 0.29) is 5.54 Å². The van der Waals surface area contributed by atoms with Gasteiger partial charge in [0.25, 0.3) is 0 Å². The Labute approximate surface area is 107 Å². The molecule has 0 spiro atoms. The van der Waals surface area contributed by atoms with Crippen LogP contribution in [0.1, 0.15) is 40.5 Å². The fourth-order valence-corrected chi connectivity index (χ4v) is 2.53. The van der Waals surface area contributed by atoms with Crippen molar-refractivity contribution < 1.29 is 0 Å². The zero-order valence-corrected chi connectivity index (χ0v) is 12.2. The summed E-state index contributed by atoms with van der Waals surface area (Å²) in [5, 5.41) is 0. The molecule has 0 aliphatic carbocycles. The van der Waals surface area contributed by atoms with Crippen LogP contribution in [0.2, 0.25) is 0 Å². The second-order valence-corrected chi connectivity index (χ2v) is 6.36. The molecule has 0 atom stereocenters. The predicted molar refractivity (Wildman–Crippen MR) is 75.2 cm³/mol. The standard InChI is InChI=1S/C14H31N3/c1-13(2)5-8-16-9-11-17(12-10-16)14(3,4)6-7-15/h13H,5-12,15H2,1-4H3. The number of nitrogens with two attached hydrogens (primary N) is 1. The van der Waals surface area contributed by atoms with E-state index in [1.165, 1.54) is 39.1 Å². The van der Waals surface area contributed by atoms with E-state index < -0.39 is 0 Å². The summed E-state index contributed by atoms with van der Waals surface area (Å²) in [4.78, 5) is 5.21. The van der Waals surface area contributed by atoms with Crippen molar-refractivity contribution in [1.82, 2.24) is 9.80 Å². The van der Waals surface area contributed by atoms with Crippen molar-refractivity contribution in [2.45, 2.75) is 46.1 Å². The monoisotopic (exact) mass is 241 g/mol. The smallest absolute Gasteiger partial charge is 0.0166 e. The number of hydrogen-bond donors (Lipinski definition) is 1. The summed E-state index contributed by atoms with van der Waals surface area (Å²) in [5.74, 6) is 0.821. The molecule has 102 valence electrons. The molecule has 0 unspecified atom stereocenters.